The van der Waals surface area contributed by atoms with E-state index in [2.05, 4.69) is 68.4 Å². The van der Waals surface area contributed by atoms with Gasteiger partial charge in [-0.05, 0) is 44.8 Å². The van der Waals surface area contributed by atoms with Crippen molar-refractivity contribution in [2.75, 3.05) is 19.6 Å². The Morgan fingerprint density at radius 3 is 2.54 bits per heavy atom. The molecular weight excluding hydrogens is 370 g/mol. The molecule has 2 aromatic heterocycles. The Morgan fingerprint density at radius 1 is 1.07 bits per heavy atom. The Labute approximate surface area is 173 Å². The van der Waals surface area contributed by atoms with E-state index in [9.17, 15) is 0 Å². The summed E-state index contributed by atoms with van der Waals surface area (Å²) in [6.07, 6.45) is 9.75. The van der Waals surface area contributed by atoms with Crippen LogP contribution < -0.4 is 0 Å². The number of hydrogen-bond donors (Lipinski definition) is 0. The van der Waals surface area contributed by atoms with Crippen LogP contribution in [0.4, 0.5) is 0 Å². The normalized spacial score (nSPS) is 15.5. The van der Waals surface area contributed by atoms with E-state index in [1.807, 2.05) is 18.7 Å². The van der Waals surface area contributed by atoms with E-state index in [-0.39, 0.29) is 12.4 Å². The second-order valence-electron chi connectivity index (χ2n) is 7.54. The molecule has 1 saturated heterocycles. The predicted molar refractivity (Wildman–Crippen MR) is 116 cm³/mol. The van der Waals surface area contributed by atoms with Gasteiger partial charge in [0.25, 0.3) is 0 Å². The van der Waals surface area contributed by atoms with Gasteiger partial charge in [-0.15, -0.1) is 12.4 Å². The van der Waals surface area contributed by atoms with Crippen molar-refractivity contribution in [3.8, 4) is 11.3 Å². The lowest BCUT2D eigenvalue weighted by molar-refractivity contribution is 0.273. The number of likely N-dealkylation sites (tertiary alicyclic amines) is 1. The van der Waals surface area contributed by atoms with Gasteiger partial charge < -0.3 is 9.47 Å². The third-order valence-electron chi connectivity index (χ3n) is 5.75. The van der Waals surface area contributed by atoms with Gasteiger partial charge in [0.05, 0.1) is 31.0 Å². The lowest BCUT2D eigenvalue weighted by Crippen LogP contribution is -2.28. The Morgan fingerprint density at radius 2 is 1.82 bits per heavy atom. The smallest absolute Gasteiger partial charge is 0.0954 e. The monoisotopic (exact) mass is 399 g/mol. The van der Waals surface area contributed by atoms with Crippen LogP contribution in [-0.4, -0.2) is 43.9 Å². The third-order valence-corrected chi connectivity index (χ3v) is 5.75. The highest BCUT2D eigenvalue weighted by Gasteiger charge is 2.21. The van der Waals surface area contributed by atoms with Crippen molar-refractivity contribution < 1.29 is 0 Å². The minimum Gasteiger partial charge on any atom is -0.326 e. The molecule has 0 bridgehead atoms. The summed E-state index contributed by atoms with van der Waals surface area (Å²) in [6.45, 7) is 8.80. The average Bonchev–Trinajstić information content (AvgIpc) is 3.43. The van der Waals surface area contributed by atoms with Gasteiger partial charge in [-0.2, -0.15) is 5.10 Å². The van der Waals surface area contributed by atoms with E-state index in [0.717, 1.165) is 19.5 Å². The van der Waals surface area contributed by atoms with Gasteiger partial charge >= 0.3 is 0 Å². The Bertz CT molecular complexity index is 864. The molecule has 3 heterocycles. The summed E-state index contributed by atoms with van der Waals surface area (Å²) in [6, 6.07) is 11.0. The first-order chi connectivity index (χ1) is 13.3. The van der Waals surface area contributed by atoms with Crippen LogP contribution in [0.15, 0.2) is 49.1 Å². The molecular formula is C22H30ClN5. The summed E-state index contributed by atoms with van der Waals surface area (Å²) >= 11 is 0. The number of rotatable bonds is 7. The standard InChI is InChI=1S/C22H29N5.ClH/c1-3-20(16-25-11-7-8-12-25)26-17-23-14-22(26)21-13-24-27(18(21)2)15-19-9-5-4-6-10-19;/h4-6,9-10,13-14,17,20H,3,7-8,11-12,15-16H2,1-2H3;1H. The van der Waals surface area contributed by atoms with E-state index < -0.39 is 0 Å². The van der Waals surface area contributed by atoms with Crippen LogP contribution in [0.25, 0.3) is 11.3 Å². The molecule has 4 rings (SSSR count). The van der Waals surface area contributed by atoms with E-state index in [1.165, 1.54) is 48.4 Å². The Hall–Kier alpha value is -2.11. The second kappa shape index (κ2) is 9.39. The number of hydrogen-bond acceptors (Lipinski definition) is 3. The number of nitrogens with zero attached hydrogens (tertiary/aromatic N) is 5. The maximum Gasteiger partial charge on any atom is 0.0954 e. The molecule has 0 amide bonds. The summed E-state index contributed by atoms with van der Waals surface area (Å²) < 4.78 is 4.44. The zero-order valence-corrected chi connectivity index (χ0v) is 17.6. The van der Waals surface area contributed by atoms with Crippen molar-refractivity contribution >= 4 is 12.4 Å². The van der Waals surface area contributed by atoms with Gasteiger partial charge in [0.15, 0.2) is 0 Å². The summed E-state index contributed by atoms with van der Waals surface area (Å²) in [4.78, 5) is 7.07. The molecule has 150 valence electrons. The van der Waals surface area contributed by atoms with Crippen LogP contribution in [0.1, 0.15) is 43.5 Å². The summed E-state index contributed by atoms with van der Waals surface area (Å²) in [5.41, 5.74) is 4.82. The van der Waals surface area contributed by atoms with Crippen LogP contribution >= 0.6 is 12.4 Å². The average molecular weight is 400 g/mol. The van der Waals surface area contributed by atoms with Crippen LogP contribution in [0, 0.1) is 6.92 Å². The minimum atomic E-state index is 0. The third kappa shape index (κ3) is 4.31. The van der Waals surface area contributed by atoms with E-state index >= 15 is 0 Å². The van der Waals surface area contributed by atoms with Crippen molar-refractivity contribution in [3.05, 3.63) is 60.3 Å². The Balaban J connectivity index is 0.00000225. The fourth-order valence-electron chi connectivity index (χ4n) is 4.09. The molecule has 1 aliphatic rings. The first-order valence-corrected chi connectivity index (χ1v) is 10.1. The topological polar surface area (TPSA) is 38.9 Å². The predicted octanol–water partition coefficient (Wildman–Crippen LogP) is 4.57. The molecule has 5 nitrogen and oxygen atoms in total. The number of imidazole rings is 1. The molecule has 1 aliphatic heterocycles. The van der Waals surface area contributed by atoms with Crippen LogP contribution in [0.3, 0.4) is 0 Å². The van der Waals surface area contributed by atoms with Crippen molar-refractivity contribution in [2.24, 2.45) is 0 Å². The number of benzene rings is 1. The SMILES string of the molecule is CCC(CN1CCCC1)n1cncc1-c1cnn(Cc2ccccc2)c1C.Cl. The highest BCUT2D eigenvalue weighted by Crippen LogP contribution is 2.28. The summed E-state index contributed by atoms with van der Waals surface area (Å²) in [5.74, 6) is 0. The van der Waals surface area contributed by atoms with Gasteiger partial charge in [0.1, 0.15) is 0 Å². The number of aromatic nitrogens is 4. The van der Waals surface area contributed by atoms with E-state index in [0.29, 0.717) is 6.04 Å². The zero-order chi connectivity index (χ0) is 18.6. The van der Waals surface area contributed by atoms with Crippen molar-refractivity contribution in [1.82, 2.24) is 24.2 Å². The van der Waals surface area contributed by atoms with Crippen molar-refractivity contribution in [1.29, 1.82) is 0 Å². The van der Waals surface area contributed by atoms with Crippen molar-refractivity contribution in [2.45, 2.75) is 45.7 Å². The molecule has 0 spiro atoms. The lowest BCUT2D eigenvalue weighted by Gasteiger charge is -2.25. The van der Waals surface area contributed by atoms with Gasteiger partial charge in [0, 0.05) is 23.8 Å². The molecule has 1 atom stereocenters. The van der Waals surface area contributed by atoms with Gasteiger partial charge in [-0.1, -0.05) is 37.3 Å². The highest BCUT2D eigenvalue weighted by molar-refractivity contribution is 5.85. The molecule has 28 heavy (non-hydrogen) atoms. The van der Waals surface area contributed by atoms with Crippen molar-refractivity contribution in [3.63, 3.8) is 0 Å². The molecule has 1 fully saturated rings. The molecule has 6 heteroatoms. The molecule has 0 saturated carbocycles. The van der Waals surface area contributed by atoms with Gasteiger partial charge in [-0.3, -0.25) is 4.68 Å². The summed E-state index contributed by atoms with van der Waals surface area (Å²) in [5, 5.41) is 4.66. The fraction of sp³-hybridized carbons (Fsp3) is 0.455. The van der Waals surface area contributed by atoms with Crippen LogP contribution in [0.2, 0.25) is 0 Å². The molecule has 0 aliphatic carbocycles. The molecule has 1 aromatic carbocycles. The fourth-order valence-corrected chi connectivity index (χ4v) is 4.09. The second-order valence-corrected chi connectivity index (χ2v) is 7.54. The minimum absolute atomic E-state index is 0. The molecule has 0 N–H and O–H groups in total. The molecule has 0 radical (unpaired) electrons. The van der Waals surface area contributed by atoms with Gasteiger partial charge in [0.2, 0.25) is 0 Å². The highest BCUT2D eigenvalue weighted by atomic mass is 35.5. The summed E-state index contributed by atoms with van der Waals surface area (Å²) in [7, 11) is 0. The maximum absolute atomic E-state index is 4.66. The molecule has 3 aromatic rings. The van der Waals surface area contributed by atoms with Crippen LogP contribution in [0.5, 0.6) is 0 Å². The maximum atomic E-state index is 4.66. The van der Waals surface area contributed by atoms with E-state index in [4.69, 9.17) is 0 Å². The first kappa shape index (κ1) is 20.6. The quantitative estimate of drug-likeness (QED) is 0.584. The molecule has 1 unspecified atom stereocenters. The Kier molecular flexibility index (Phi) is 6.92. The van der Waals surface area contributed by atoms with Gasteiger partial charge in [-0.25, -0.2) is 4.98 Å². The zero-order valence-electron chi connectivity index (χ0n) is 16.8. The first-order valence-electron chi connectivity index (χ1n) is 10.1. The van der Waals surface area contributed by atoms with Crippen LogP contribution in [-0.2, 0) is 6.54 Å². The largest absolute Gasteiger partial charge is 0.326 e. The number of halogens is 1. The lowest BCUT2D eigenvalue weighted by atomic mass is 10.1. The van der Waals surface area contributed by atoms with E-state index in [1.54, 1.807) is 0 Å².